The number of hydrogen-bond donors (Lipinski definition) is 1. The first-order chi connectivity index (χ1) is 13.1. The van der Waals surface area contributed by atoms with E-state index in [9.17, 15) is 4.79 Å². The molecule has 1 amide bonds. The number of carbonyl (C=O) groups excluding carboxylic acids is 1. The largest absolute Gasteiger partial charge is 0.497 e. The van der Waals surface area contributed by atoms with Crippen molar-refractivity contribution in [2.45, 2.75) is 13.8 Å². The van der Waals surface area contributed by atoms with Crippen LogP contribution in [0.4, 0.5) is 5.69 Å². The fraction of sp³-hybridized carbons (Fsp3) is 0.143. The lowest BCUT2D eigenvalue weighted by atomic mass is 10.2. The number of aryl methyl sites for hydroxylation is 2. The van der Waals surface area contributed by atoms with Crippen LogP contribution >= 0.6 is 11.3 Å². The van der Waals surface area contributed by atoms with Crippen molar-refractivity contribution in [3.05, 3.63) is 70.7 Å². The normalized spacial score (nSPS) is 10.9. The third kappa shape index (κ3) is 3.19. The number of para-hydroxylation sites is 1. The number of ether oxygens (including phenoxy) is 1. The van der Waals surface area contributed by atoms with Gasteiger partial charge in [-0.2, -0.15) is 5.10 Å². The number of benzene rings is 2. The number of methoxy groups -OCH3 is 1. The highest BCUT2D eigenvalue weighted by Gasteiger charge is 2.18. The molecule has 136 valence electrons. The molecule has 2 aromatic carbocycles. The summed E-state index contributed by atoms with van der Waals surface area (Å²) in [5.74, 6) is 0.626. The SMILES string of the molecule is COc1ccc(NC(=O)c2cc3c(C)nn(-c4ccccc4C)c3s2)cc1. The first-order valence-electron chi connectivity index (χ1n) is 8.57. The first-order valence-corrected chi connectivity index (χ1v) is 9.39. The molecule has 0 radical (unpaired) electrons. The first kappa shape index (κ1) is 17.3. The van der Waals surface area contributed by atoms with Gasteiger partial charge in [-0.05, 0) is 55.8 Å². The van der Waals surface area contributed by atoms with Gasteiger partial charge in [-0.25, -0.2) is 4.68 Å². The summed E-state index contributed by atoms with van der Waals surface area (Å²) in [4.78, 5) is 14.3. The molecule has 0 saturated heterocycles. The number of amides is 1. The van der Waals surface area contributed by atoms with Crippen LogP contribution in [0.2, 0.25) is 0 Å². The molecule has 1 N–H and O–H groups in total. The van der Waals surface area contributed by atoms with Crippen molar-refractivity contribution >= 4 is 33.1 Å². The van der Waals surface area contributed by atoms with Gasteiger partial charge < -0.3 is 10.1 Å². The van der Waals surface area contributed by atoms with E-state index in [-0.39, 0.29) is 5.91 Å². The van der Waals surface area contributed by atoms with Crippen molar-refractivity contribution in [3.63, 3.8) is 0 Å². The molecule has 4 aromatic rings. The van der Waals surface area contributed by atoms with Crippen LogP contribution in [0.15, 0.2) is 54.6 Å². The second-order valence-electron chi connectivity index (χ2n) is 6.30. The van der Waals surface area contributed by atoms with Crippen LogP contribution in [-0.2, 0) is 0 Å². The number of hydrogen-bond acceptors (Lipinski definition) is 4. The molecule has 0 saturated carbocycles. The predicted molar refractivity (Wildman–Crippen MR) is 109 cm³/mol. The third-order valence-corrected chi connectivity index (χ3v) is 5.57. The van der Waals surface area contributed by atoms with E-state index in [1.807, 2.05) is 60.1 Å². The van der Waals surface area contributed by atoms with Crippen LogP contribution < -0.4 is 10.1 Å². The molecular weight excluding hydrogens is 358 g/mol. The average Bonchev–Trinajstić information content (AvgIpc) is 3.24. The van der Waals surface area contributed by atoms with Gasteiger partial charge in [0.2, 0.25) is 0 Å². The lowest BCUT2D eigenvalue weighted by Crippen LogP contribution is -2.10. The quantitative estimate of drug-likeness (QED) is 0.547. The highest BCUT2D eigenvalue weighted by Crippen LogP contribution is 2.31. The van der Waals surface area contributed by atoms with Crippen LogP contribution in [0.5, 0.6) is 5.75 Å². The van der Waals surface area contributed by atoms with E-state index in [2.05, 4.69) is 23.4 Å². The Balaban J connectivity index is 1.68. The standard InChI is InChI=1S/C21H19N3O2S/c1-13-6-4-5-7-18(13)24-21-17(14(2)23-24)12-19(27-21)20(25)22-15-8-10-16(26-3)11-9-15/h4-12H,1-3H3,(H,22,25). The zero-order valence-electron chi connectivity index (χ0n) is 15.3. The molecule has 6 heteroatoms. The number of aromatic nitrogens is 2. The molecule has 0 aliphatic heterocycles. The number of fused-ring (bicyclic) bond motifs is 1. The maximum Gasteiger partial charge on any atom is 0.265 e. The number of nitrogens with zero attached hydrogens (tertiary/aromatic N) is 2. The number of nitrogens with one attached hydrogen (secondary N) is 1. The van der Waals surface area contributed by atoms with Gasteiger partial charge >= 0.3 is 0 Å². The molecule has 4 rings (SSSR count). The van der Waals surface area contributed by atoms with Crippen LogP contribution in [0, 0.1) is 13.8 Å². The van der Waals surface area contributed by atoms with Crippen molar-refractivity contribution in [2.75, 3.05) is 12.4 Å². The minimum absolute atomic E-state index is 0.128. The van der Waals surface area contributed by atoms with Crippen LogP contribution in [0.3, 0.4) is 0 Å². The lowest BCUT2D eigenvalue weighted by molar-refractivity contribution is 0.103. The summed E-state index contributed by atoms with van der Waals surface area (Å²) in [5, 5.41) is 8.61. The van der Waals surface area contributed by atoms with Gasteiger partial charge in [0, 0.05) is 11.1 Å². The Morgan fingerprint density at radius 1 is 1.11 bits per heavy atom. The molecule has 5 nitrogen and oxygen atoms in total. The van der Waals surface area contributed by atoms with Gasteiger partial charge in [0.15, 0.2) is 0 Å². The molecule has 0 atom stereocenters. The smallest absolute Gasteiger partial charge is 0.265 e. The van der Waals surface area contributed by atoms with Gasteiger partial charge in [-0.3, -0.25) is 4.79 Å². The van der Waals surface area contributed by atoms with E-state index in [0.29, 0.717) is 4.88 Å². The fourth-order valence-corrected chi connectivity index (χ4v) is 4.06. The number of anilines is 1. The Kier molecular flexibility index (Phi) is 4.41. The summed E-state index contributed by atoms with van der Waals surface area (Å²) in [6.45, 7) is 4.03. The Bertz CT molecular complexity index is 1130. The van der Waals surface area contributed by atoms with E-state index in [1.165, 1.54) is 11.3 Å². The molecule has 0 spiro atoms. The van der Waals surface area contributed by atoms with Crippen LogP contribution in [-0.4, -0.2) is 22.8 Å². The third-order valence-electron chi connectivity index (χ3n) is 4.46. The Labute approximate surface area is 161 Å². The minimum Gasteiger partial charge on any atom is -0.497 e. The number of rotatable bonds is 4. The van der Waals surface area contributed by atoms with E-state index >= 15 is 0 Å². The molecular formula is C21H19N3O2S. The van der Waals surface area contributed by atoms with E-state index in [4.69, 9.17) is 4.74 Å². The van der Waals surface area contributed by atoms with Gasteiger partial charge in [-0.1, -0.05) is 18.2 Å². The predicted octanol–water partition coefficient (Wildman–Crippen LogP) is 4.96. The van der Waals surface area contributed by atoms with E-state index in [1.54, 1.807) is 7.11 Å². The van der Waals surface area contributed by atoms with E-state index in [0.717, 1.165) is 38.6 Å². The monoisotopic (exact) mass is 377 g/mol. The van der Waals surface area contributed by atoms with Gasteiger partial charge in [0.05, 0.1) is 23.4 Å². The number of carbonyl (C=O) groups is 1. The average molecular weight is 377 g/mol. The second-order valence-corrected chi connectivity index (χ2v) is 7.33. The van der Waals surface area contributed by atoms with Crippen molar-refractivity contribution in [1.82, 2.24) is 9.78 Å². The summed E-state index contributed by atoms with van der Waals surface area (Å²) in [5.41, 5.74) is 3.81. The highest BCUT2D eigenvalue weighted by atomic mass is 32.1. The van der Waals surface area contributed by atoms with Crippen molar-refractivity contribution in [2.24, 2.45) is 0 Å². The maximum atomic E-state index is 12.7. The van der Waals surface area contributed by atoms with Crippen LogP contribution in [0.25, 0.3) is 15.9 Å². The molecule has 0 fully saturated rings. The minimum atomic E-state index is -0.128. The van der Waals surface area contributed by atoms with Gasteiger partial charge in [0.1, 0.15) is 10.6 Å². The lowest BCUT2D eigenvalue weighted by Gasteiger charge is -2.06. The molecule has 0 bridgehead atoms. The summed E-state index contributed by atoms with van der Waals surface area (Å²) >= 11 is 1.45. The highest BCUT2D eigenvalue weighted by molar-refractivity contribution is 7.20. The molecule has 2 heterocycles. The maximum absolute atomic E-state index is 12.7. The van der Waals surface area contributed by atoms with Gasteiger partial charge in [-0.15, -0.1) is 11.3 Å². The zero-order chi connectivity index (χ0) is 19.0. The Morgan fingerprint density at radius 3 is 2.56 bits per heavy atom. The molecule has 0 aliphatic rings. The summed E-state index contributed by atoms with van der Waals surface area (Å²) in [6.07, 6.45) is 0. The topological polar surface area (TPSA) is 56.1 Å². The van der Waals surface area contributed by atoms with E-state index < -0.39 is 0 Å². The zero-order valence-corrected chi connectivity index (χ0v) is 16.1. The summed E-state index contributed by atoms with van der Waals surface area (Å²) in [7, 11) is 1.62. The fourth-order valence-electron chi connectivity index (χ4n) is 2.99. The van der Waals surface area contributed by atoms with Gasteiger partial charge in [0.25, 0.3) is 5.91 Å². The molecule has 2 aromatic heterocycles. The summed E-state index contributed by atoms with van der Waals surface area (Å²) in [6, 6.07) is 17.3. The molecule has 0 aliphatic carbocycles. The summed E-state index contributed by atoms with van der Waals surface area (Å²) < 4.78 is 7.07. The van der Waals surface area contributed by atoms with Crippen molar-refractivity contribution < 1.29 is 9.53 Å². The van der Waals surface area contributed by atoms with Crippen molar-refractivity contribution in [1.29, 1.82) is 0 Å². The molecule has 27 heavy (non-hydrogen) atoms. The number of thiophene rings is 1. The Hall–Kier alpha value is -3.12. The molecule has 0 unspecified atom stereocenters. The second kappa shape index (κ2) is 6.89. The Morgan fingerprint density at radius 2 is 1.85 bits per heavy atom. The van der Waals surface area contributed by atoms with Crippen molar-refractivity contribution in [3.8, 4) is 11.4 Å². The van der Waals surface area contributed by atoms with Crippen LogP contribution in [0.1, 0.15) is 20.9 Å².